The van der Waals surface area contributed by atoms with Crippen molar-refractivity contribution in [1.82, 2.24) is 19.7 Å². The van der Waals surface area contributed by atoms with Crippen molar-refractivity contribution in [2.45, 2.75) is 25.1 Å². The third-order valence-corrected chi connectivity index (χ3v) is 5.92. The van der Waals surface area contributed by atoms with E-state index >= 15 is 0 Å². The summed E-state index contributed by atoms with van der Waals surface area (Å²) in [6.45, 7) is 2.29. The molecule has 0 saturated carbocycles. The molecule has 10 nitrogen and oxygen atoms in total. The summed E-state index contributed by atoms with van der Waals surface area (Å²) < 4.78 is 17.6. The Morgan fingerprint density at radius 1 is 1.25 bits per heavy atom. The number of nitrogens with zero attached hydrogens (tertiary/aromatic N) is 4. The van der Waals surface area contributed by atoms with Gasteiger partial charge in [-0.05, 0) is 19.1 Å². The number of ether oxygens (including phenoxy) is 3. The Bertz CT molecular complexity index is 1070. The summed E-state index contributed by atoms with van der Waals surface area (Å²) in [5, 5.41) is 13.7. The van der Waals surface area contributed by atoms with E-state index < -0.39 is 0 Å². The van der Waals surface area contributed by atoms with Gasteiger partial charge < -0.3 is 24.1 Å². The molecule has 0 aliphatic heterocycles. The number of thiazole rings is 1. The molecule has 1 N–H and O–H groups in total. The number of carbonyl (C=O) groups excluding carboxylic acids is 2. The van der Waals surface area contributed by atoms with E-state index in [4.69, 9.17) is 14.2 Å². The van der Waals surface area contributed by atoms with Gasteiger partial charge in [-0.1, -0.05) is 17.8 Å². The second-order valence-corrected chi connectivity index (χ2v) is 8.19. The number of anilines is 1. The highest BCUT2D eigenvalue weighted by Crippen LogP contribution is 2.21. The van der Waals surface area contributed by atoms with Crippen LogP contribution in [0.5, 0.6) is 11.5 Å². The summed E-state index contributed by atoms with van der Waals surface area (Å²) in [7, 11) is 3.41. The molecule has 1 amide bonds. The lowest BCUT2D eigenvalue weighted by atomic mass is 10.3. The van der Waals surface area contributed by atoms with Gasteiger partial charge in [0.1, 0.15) is 18.1 Å². The van der Waals surface area contributed by atoms with E-state index in [-0.39, 0.29) is 30.7 Å². The Morgan fingerprint density at radius 2 is 2.06 bits per heavy atom. The maximum Gasteiger partial charge on any atom is 0.311 e. The van der Waals surface area contributed by atoms with Crippen LogP contribution in [0.25, 0.3) is 0 Å². The van der Waals surface area contributed by atoms with Crippen LogP contribution in [0.3, 0.4) is 0 Å². The number of amides is 1. The number of carbonyl (C=O) groups is 2. The van der Waals surface area contributed by atoms with Gasteiger partial charge in [0, 0.05) is 18.5 Å². The van der Waals surface area contributed by atoms with E-state index in [0.29, 0.717) is 39.9 Å². The van der Waals surface area contributed by atoms with Crippen LogP contribution < -0.4 is 14.8 Å². The maximum atomic E-state index is 12.3. The van der Waals surface area contributed by atoms with Gasteiger partial charge in [-0.25, -0.2) is 4.98 Å². The molecule has 0 unspecified atom stereocenters. The minimum absolute atomic E-state index is 0.0779. The molecule has 170 valence electrons. The van der Waals surface area contributed by atoms with E-state index in [1.54, 1.807) is 30.0 Å². The molecule has 12 heteroatoms. The monoisotopic (exact) mass is 477 g/mol. The van der Waals surface area contributed by atoms with Crippen LogP contribution in [0, 0.1) is 0 Å². The van der Waals surface area contributed by atoms with Gasteiger partial charge in [-0.3, -0.25) is 9.59 Å². The average molecular weight is 478 g/mol. The number of thioether (sulfide) groups is 1. The van der Waals surface area contributed by atoms with Crippen molar-refractivity contribution in [1.29, 1.82) is 0 Å². The number of rotatable bonds is 11. The average Bonchev–Trinajstić information content (AvgIpc) is 3.36. The van der Waals surface area contributed by atoms with E-state index in [1.807, 2.05) is 25.2 Å². The minimum atomic E-state index is -0.348. The molecule has 0 bridgehead atoms. The molecule has 3 rings (SSSR count). The number of methoxy groups -OCH3 is 1. The zero-order chi connectivity index (χ0) is 22.9. The normalized spacial score (nSPS) is 10.6. The molecule has 2 aromatic heterocycles. The fourth-order valence-corrected chi connectivity index (χ4v) is 3.98. The van der Waals surface area contributed by atoms with Crippen LogP contribution in [-0.4, -0.2) is 51.1 Å². The van der Waals surface area contributed by atoms with Gasteiger partial charge in [0.05, 0.1) is 31.6 Å². The van der Waals surface area contributed by atoms with E-state index in [2.05, 4.69) is 20.5 Å². The van der Waals surface area contributed by atoms with Gasteiger partial charge in [0.15, 0.2) is 16.1 Å². The smallest absolute Gasteiger partial charge is 0.311 e. The number of hydrogen-bond acceptors (Lipinski definition) is 10. The molecule has 0 atom stereocenters. The highest BCUT2D eigenvalue weighted by atomic mass is 32.2. The first-order chi connectivity index (χ1) is 15.5. The second kappa shape index (κ2) is 11.5. The van der Waals surface area contributed by atoms with Crippen LogP contribution in [0.15, 0.2) is 34.8 Å². The summed E-state index contributed by atoms with van der Waals surface area (Å²) >= 11 is 2.51. The molecule has 32 heavy (non-hydrogen) atoms. The number of hydrogen-bond donors (Lipinski definition) is 1. The summed E-state index contributed by atoms with van der Waals surface area (Å²) in [5.41, 5.74) is 0.561. The molecule has 0 aliphatic carbocycles. The number of esters is 1. The van der Waals surface area contributed by atoms with Crippen LogP contribution in [0.2, 0.25) is 0 Å². The van der Waals surface area contributed by atoms with E-state index in [9.17, 15) is 9.59 Å². The highest BCUT2D eigenvalue weighted by molar-refractivity contribution is 7.99. The predicted octanol–water partition coefficient (Wildman–Crippen LogP) is 2.70. The van der Waals surface area contributed by atoms with Crippen molar-refractivity contribution in [3.05, 3.63) is 41.2 Å². The van der Waals surface area contributed by atoms with Gasteiger partial charge >= 0.3 is 5.97 Å². The summed E-state index contributed by atoms with van der Waals surface area (Å²) in [5.74, 6) is 1.54. The molecule has 0 radical (unpaired) electrons. The molecule has 1 aromatic carbocycles. The summed E-state index contributed by atoms with van der Waals surface area (Å²) in [6, 6.07) is 7.29. The largest absolute Gasteiger partial charge is 0.497 e. The molecule has 0 spiro atoms. The van der Waals surface area contributed by atoms with Gasteiger partial charge in [-0.2, -0.15) is 0 Å². The fraction of sp³-hybridized carbons (Fsp3) is 0.350. The van der Waals surface area contributed by atoms with Crippen molar-refractivity contribution < 1.29 is 23.8 Å². The topological polar surface area (TPSA) is 117 Å². The molecule has 0 fully saturated rings. The van der Waals surface area contributed by atoms with E-state index in [0.717, 1.165) is 0 Å². The van der Waals surface area contributed by atoms with Crippen LogP contribution in [0.4, 0.5) is 5.13 Å². The highest BCUT2D eigenvalue weighted by Gasteiger charge is 2.14. The summed E-state index contributed by atoms with van der Waals surface area (Å²) in [4.78, 5) is 28.0. The lowest BCUT2D eigenvalue weighted by Gasteiger charge is -2.08. The Hall–Kier alpha value is -3.12. The fourth-order valence-electron chi connectivity index (χ4n) is 2.53. The molecule has 3 aromatic rings. The lowest BCUT2D eigenvalue weighted by molar-refractivity contribution is -0.142. The number of nitrogens with one attached hydrogen (secondary N) is 1. The van der Waals surface area contributed by atoms with Crippen molar-refractivity contribution in [3.63, 3.8) is 0 Å². The lowest BCUT2D eigenvalue weighted by Crippen LogP contribution is -2.15. The van der Waals surface area contributed by atoms with Crippen LogP contribution in [0.1, 0.15) is 18.4 Å². The summed E-state index contributed by atoms with van der Waals surface area (Å²) in [6.07, 6.45) is 0.0779. The Labute approximate surface area is 193 Å². The van der Waals surface area contributed by atoms with Crippen molar-refractivity contribution >= 4 is 40.1 Å². The number of aromatic nitrogens is 4. The predicted molar refractivity (Wildman–Crippen MR) is 120 cm³/mol. The minimum Gasteiger partial charge on any atom is -0.497 e. The zero-order valence-electron chi connectivity index (χ0n) is 17.9. The Kier molecular flexibility index (Phi) is 8.45. The van der Waals surface area contributed by atoms with Crippen LogP contribution >= 0.6 is 23.1 Å². The van der Waals surface area contributed by atoms with Crippen molar-refractivity contribution in [2.24, 2.45) is 7.05 Å². The first-order valence-corrected chi connectivity index (χ1v) is 11.5. The van der Waals surface area contributed by atoms with Crippen LogP contribution in [-0.2, 0) is 34.4 Å². The first-order valence-electron chi connectivity index (χ1n) is 9.66. The zero-order valence-corrected chi connectivity index (χ0v) is 19.5. The van der Waals surface area contributed by atoms with E-state index in [1.165, 1.54) is 23.1 Å². The van der Waals surface area contributed by atoms with Gasteiger partial charge in [0.2, 0.25) is 5.91 Å². The first kappa shape index (κ1) is 23.5. The molecule has 0 aliphatic rings. The van der Waals surface area contributed by atoms with Crippen molar-refractivity contribution in [2.75, 3.05) is 24.8 Å². The Balaban J connectivity index is 1.47. The molecule has 0 saturated heterocycles. The van der Waals surface area contributed by atoms with Crippen molar-refractivity contribution in [3.8, 4) is 11.5 Å². The third kappa shape index (κ3) is 6.69. The molecule has 2 heterocycles. The standard InChI is InChI=1S/C20H23N5O5S2/c1-4-29-18(27)8-13-11-31-19(21-13)22-17(26)12-32-20-24-23-16(25(20)2)10-30-15-7-5-6-14(9-15)28-3/h5-7,9,11H,4,8,10,12H2,1-3H3,(H,21,22,26). The Morgan fingerprint density at radius 3 is 2.84 bits per heavy atom. The SMILES string of the molecule is CCOC(=O)Cc1csc(NC(=O)CSc2nnc(COc3cccc(OC)c3)n2C)n1. The molecular formula is C20H23N5O5S2. The maximum absolute atomic E-state index is 12.3. The van der Waals surface area contributed by atoms with Gasteiger partial charge in [-0.15, -0.1) is 21.5 Å². The van der Waals surface area contributed by atoms with Gasteiger partial charge in [0.25, 0.3) is 0 Å². The second-order valence-electron chi connectivity index (χ2n) is 6.39. The quantitative estimate of drug-likeness (QED) is 0.328. The molecular weight excluding hydrogens is 454 g/mol. The number of benzene rings is 1. The third-order valence-electron chi connectivity index (χ3n) is 4.10.